The van der Waals surface area contributed by atoms with Crippen LogP contribution in [0.1, 0.15) is 31.4 Å². The largest absolute Gasteiger partial charge is 0.326 e. The van der Waals surface area contributed by atoms with Gasteiger partial charge in [-0.1, -0.05) is 29.8 Å². The molecule has 4 nitrogen and oxygen atoms in total. The van der Waals surface area contributed by atoms with Crippen LogP contribution < -0.4 is 10.5 Å². The summed E-state index contributed by atoms with van der Waals surface area (Å²) >= 11 is 3.39. The maximum atomic E-state index is 12.4. The smallest absolute Gasteiger partial charge is 0.241 e. The topological polar surface area (TPSA) is 72.2 Å². The van der Waals surface area contributed by atoms with Crippen LogP contribution >= 0.6 is 15.9 Å². The summed E-state index contributed by atoms with van der Waals surface area (Å²) in [5, 5.41) is 0. The molecule has 19 heavy (non-hydrogen) atoms. The van der Waals surface area contributed by atoms with Crippen molar-refractivity contribution in [1.29, 1.82) is 0 Å². The fourth-order valence-electron chi connectivity index (χ4n) is 2.02. The standard InChI is InChI=1S/C13H19BrN2O2S/c1-8-10(14)4-9(7-15)5-11(8)19(17,18)16-12-6-13(12,2)3/h4-5,12,16H,6-7,15H2,1-3H3. The zero-order valence-electron chi connectivity index (χ0n) is 11.3. The van der Waals surface area contributed by atoms with E-state index in [9.17, 15) is 8.42 Å². The minimum absolute atomic E-state index is 0.0252. The fourth-order valence-corrected chi connectivity index (χ4v) is 4.39. The molecule has 106 valence electrons. The van der Waals surface area contributed by atoms with Gasteiger partial charge in [0.2, 0.25) is 10.0 Å². The second-order valence-corrected chi connectivity index (χ2v) is 8.31. The number of benzene rings is 1. The Morgan fingerprint density at radius 3 is 2.53 bits per heavy atom. The van der Waals surface area contributed by atoms with Crippen molar-refractivity contribution >= 4 is 26.0 Å². The average molecular weight is 347 g/mol. The van der Waals surface area contributed by atoms with Crippen LogP contribution in [0.4, 0.5) is 0 Å². The lowest BCUT2D eigenvalue weighted by atomic mass is 10.1. The number of nitrogens with two attached hydrogens (primary N) is 1. The van der Waals surface area contributed by atoms with Crippen LogP contribution in [0.2, 0.25) is 0 Å². The molecular weight excluding hydrogens is 328 g/mol. The molecule has 1 aromatic rings. The number of nitrogens with one attached hydrogen (secondary N) is 1. The van der Waals surface area contributed by atoms with Crippen LogP contribution in [0.3, 0.4) is 0 Å². The lowest BCUT2D eigenvalue weighted by Gasteiger charge is -2.13. The Balaban J connectivity index is 2.37. The number of rotatable bonds is 4. The third kappa shape index (κ3) is 3.02. The summed E-state index contributed by atoms with van der Waals surface area (Å²) in [4.78, 5) is 0.310. The van der Waals surface area contributed by atoms with Crippen molar-refractivity contribution in [2.45, 2.75) is 44.7 Å². The molecule has 0 heterocycles. The molecule has 1 fully saturated rings. The Hall–Kier alpha value is -0.430. The molecule has 0 aromatic heterocycles. The second-order valence-electron chi connectivity index (χ2n) is 5.77. The van der Waals surface area contributed by atoms with Gasteiger partial charge in [-0.25, -0.2) is 13.1 Å². The third-order valence-electron chi connectivity index (χ3n) is 3.69. The Labute approximate surface area is 122 Å². The Bertz CT molecular complexity index is 611. The lowest BCUT2D eigenvalue weighted by molar-refractivity contribution is 0.554. The quantitative estimate of drug-likeness (QED) is 0.878. The summed E-state index contributed by atoms with van der Waals surface area (Å²) in [7, 11) is -3.49. The van der Waals surface area contributed by atoms with Crippen LogP contribution in [0, 0.1) is 12.3 Å². The van der Waals surface area contributed by atoms with Gasteiger partial charge in [-0.15, -0.1) is 0 Å². The second kappa shape index (κ2) is 4.84. The van der Waals surface area contributed by atoms with E-state index in [2.05, 4.69) is 34.5 Å². The van der Waals surface area contributed by atoms with Crippen LogP contribution in [-0.2, 0) is 16.6 Å². The highest BCUT2D eigenvalue weighted by Gasteiger charge is 2.48. The van der Waals surface area contributed by atoms with E-state index in [0.717, 1.165) is 16.5 Å². The molecule has 1 aliphatic carbocycles. The predicted molar refractivity (Wildman–Crippen MR) is 79.3 cm³/mol. The number of halogens is 1. The first kappa shape index (κ1) is 15.0. The maximum Gasteiger partial charge on any atom is 0.241 e. The maximum absolute atomic E-state index is 12.4. The Morgan fingerprint density at radius 1 is 1.47 bits per heavy atom. The lowest BCUT2D eigenvalue weighted by Crippen LogP contribution is -2.29. The van der Waals surface area contributed by atoms with Crippen molar-refractivity contribution in [2.75, 3.05) is 0 Å². The van der Waals surface area contributed by atoms with E-state index in [1.165, 1.54) is 0 Å². The molecule has 1 saturated carbocycles. The van der Waals surface area contributed by atoms with Crippen LogP contribution in [0.25, 0.3) is 0 Å². The number of sulfonamides is 1. The van der Waals surface area contributed by atoms with Gasteiger partial charge < -0.3 is 5.73 Å². The number of hydrogen-bond donors (Lipinski definition) is 2. The molecule has 0 bridgehead atoms. The molecule has 1 aromatic carbocycles. The van der Waals surface area contributed by atoms with Crippen LogP contribution in [0.15, 0.2) is 21.5 Å². The molecule has 0 saturated heterocycles. The summed E-state index contributed by atoms with van der Waals surface area (Å²) in [6, 6.07) is 3.53. The first-order valence-corrected chi connectivity index (χ1v) is 8.46. The Kier molecular flexibility index (Phi) is 3.81. The molecular formula is C13H19BrN2O2S. The molecule has 6 heteroatoms. The zero-order chi connectivity index (χ0) is 14.4. The van der Waals surface area contributed by atoms with E-state index in [1.54, 1.807) is 13.0 Å². The molecule has 0 radical (unpaired) electrons. The van der Waals surface area contributed by atoms with Gasteiger partial charge in [0.05, 0.1) is 4.90 Å². The molecule has 1 unspecified atom stereocenters. The van der Waals surface area contributed by atoms with E-state index in [4.69, 9.17) is 5.73 Å². The minimum atomic E-state index is -3.49. The van der Waals surface area contributed by atoms with Crippen molar-refractivity contribution < 1.29 is 8.42 Å². The minimum Gasteiger partial charge on any atom is -0.326 e. The first-order valence-electron chi connectivity index (χ1n) is 6.19. The van der Waals surface area contributed by atoms with Crippen molar-refractivity contribution in [1.82, 2.24) is 4.72 Å². The zero-order valence-corrected chi connectivity index (χ0v) is 13.7. The van der Waals surface area contributed by atoms with Gasteiger partial charge in [0.15, 0.2) is 0 Å². The molecule has 0 aliphatic heterocycles. The monoisotopic (exact) mass is 346 g/mol. The highest BCUT2D eigenvalue weighted by molar-refractivity contribution is 9.10. The van der Waals surface area contributed by atoms with E-state index in [-0.39, 0.29) is 11.5 Å². The molecule has 0 amide bonds. The highest BCUT2D eigenvalue weighted by atomic mass is 79.9. The highest BCUT2D eigenvalue weighted by Crippen LogP contribution is 2.45. The van der Waals surface area contributed by atoms with E-state index in [1.807, 2.05) is 6.07 Å². The summed E-state index contributed by atoms with van der Waals surface area (Å²) in [5.74, 6) is 0. The van der Waals surface area contributed by atoms with Crippen molar-refractivity contribution in [3.8, 4) is 0 Å². The van der Waals surface area contributed by atoms with E-state index in [0.29, 0.717) is 17.0 Å². The summed E-state index contributed by atoms with van der Waals surface area (Å²) in [6.07, 6.45) is 0.878. The van der Waals surface area contributed by atoms with Crippen LogP contribution in [0.5, 0.6) is 0 Å². The van der Waals surface area contributed by atoms with E-state index < -0.39 is 10.0 Å². The summed E-state index contributed by atoms with van der Waals surface area (Å²) in [5.41, 5.74) is 7.17. The number of hydrogen-bond acceptors (Lipinski definition) is 3. The fraction of sp³-hybridized carbons (Fsp3) is 0.538. The van der Waals surface area contributed by atoms with Crippen molar-refractivity contribution in [3.63, 3.8) is 0 Å². The molecule has 1 aliphatic rings. The summed E-state index contributed by atoms with van der Waals surface area (Å²) in [6.45, 7) is 6.21. The van der Waals surface area contributed by atoms with Gasteiger partial charge >= 0.3 is 0 Å². The molecule has 3 N–H and O–H groups in total. The first-order chi connectivity index (χ1) is 8.67. The van der Waals surface area contributed by atoms with Gasteiger partial charge in [0.25, 0.3) is 0 Å². The third-order valence-corrected chi connectivity index (χ3v) is 6.11. The van der Waals surface area contributed by atoms with E-state index >= 15 is 0 Å². The van der Waals surface area contributed by atoms with Crippen LogP contribution in [-0.4, -0.2) is 14.5 Å². The predicted octanol–water partition coefficient (Wildman–Crippen LogP) is 2.29. The van der Waals surface area contributed by atoms with Gasteiger partial charge in [-0.3, -0.25) is 0 Å². The average Bonchev–Trinajstić information content (AvgIpc) is 2.88. The SMILES string of the molecule is Cc1c(Br)cc(CN)cc1S(=O)(=O)NC1CC1(C)C. The van der Waals surface area contributed by atoms with Crippen molar-refractivity contribution in [3.05, 3.63) is 27.7 Å². The van der Waals surface area contributed by atoms with Gasteiger partial charge in [-0.05, 0) is 42.0 Å². The van der Waals surface area contributed by atoms with Gasteiger partial charge in [0, 0.05) is 17.1 Å². The normalized spacial score (nSPS) is 21.4. The van der Waals surface area contributed by atoms with Crippen molar-refractivity contribution in [2.24, 2.45) is 11.1 Å². The molecule has 0 spiro atoms. The molecule has 2 rings (SSSR count). The summed E-state index contributed by atoms with van der Waals surface area (Å²) < 4.78 is 28.4. The van der Waals surface area contributed by atoms with Gasteiger partial charge in [0.1, 0.15) is 0 Å². The Morgan fingerprint density at radius 2 is 2.05 bits per heavy atom. The van der Waals surface area contributed by atoms with Gasteiger partial charge in [-0.2, -0.15) is 0 Å². The molecule has 1 atom stereocenters.